The van der Waals surface area contributed by atoms with Crippen LogP contribution < -0.4 is 15.0 Å². The number of pyridine rings is 1. The van der Waals surface area contributed by atoms with Crippen LogP contribution in [-0.2, 0) is 11.2 Å². The molecule has 1 unspecified atom stereocenters. The third-order valence-corrected chi connectivity index (χ3v) is 10.9. The molecule has 7 heterocycles. The van der Waals surface area contributed by atoms with Crippen LogP contribution >= 0.6 is 0 Å². The number of rotatable bonds is 6. The maximum absolute atomic E-state index is 17.2. The van der Waals surface area contributed by atoms with Crippen molar-refractivity contribution in [1.82, 2.24) is 35.4 Å². The van der Waals surface area contributed by atoms with Crippen LogP contribution in [0.3, 0.4) is 0 Å². The molecule has 242 valence electrons. The summed E-state index contributed by atoms with van der Waals surface area (Å²) in [4.78, 5) is 30.6. The summed E-state index contributed by atoms with van der Waals surface area (Å²) >= 11 is 0. The van der Waals surface area contributed by atoms with Gasteiger partial charge in [0.15, 0.2) is 5.82 Å². The van der Waals surface area contributed by atoms with Gasteiger partial charge in [-0.1, -0.05) is 25.1 Å². The minimum absolute atomic E-state index is 0.0379. The molecule has 5 aromatic rings. The molecule has 3 atom stereocenters. The van der Waals surface area contributed by atoms with E-state index in [0.29, 0.717) is 49.2 Å². The van der Waals surface area contributed by atoms with Crippen molar-refractivity contribution in [3.8, 4) is 17.3 Å². The summed E-state index contributed by atoms with van der Waals surface area (Å²) in [6, 6.07) is 8.19. The van der Waals surface area contributed by atoms with Gasteiger partial charge in [-0.2, -0.15) is 15.1 Å². The maximum atomic E-state index is 17.2. The number of β-lactam (4-membered cyclic amide) rings is 1. The van der Waals surface area contributed by atoms with Gasteiger partial charge in [-0.3, -0.25) is 19.8 Å². The van der Waals surface area contributed by atoms with Gasteiger partial charge in [0.25, 0.3) is 0 Å². The molecule has 47 heavy (non-hydrogen) atoms. The predicted octanol–water partition coefficient (Wildman–Crippen LogP) is 5.24. The zero-order valence-electron chi connectivity index (χ0n) is 26.3. The molecular formula is C35H36F2N8O2. The molecule has 0 saturated carbocycles. The number of piperidine rings is 1. The molecule has 12 heteroatoms. The molecule has 4 aliphatic heterocycles. The van der Waals surface area contributed by atoms with Crippen molar-refractivity contribution in [3.63, 3.8) is 0 Å². The average molecular weight is 639 g/mol. The van der Waals surface area contributed by atoms with E-state index >= 15 is 4.39 Å². The van der Waals surface area contributed by atoms with Gasteiger partial charge in [0, 0.05) is 43.2 Å². The summed E-state index contributed by atoms with van der Waals surface area (Å²) in [5, 5.41) is 13.6. The Morgan fingerprint density at radius 2 is 2.00 bits per heavy atom. The SMILES string of the molecule is CCc1cccc2cc3[nH]ncc3c(-c3ncc4c(N5CCCC6(CC(=O)N6)C5)nc(OC[C@@]56CCCN5C[C@H](F)C6)nc4c3F)c12. The molecule has 9 rings (SSSR count). The highest BCUT2D eigenvalue weighted by molar-refractivity contribution is 6.13. The number of ether oxygens (including phenoxy) is 1. The fourth-order valence-electron chi connectivity index (χ4n) is 8.77. The zero-order valence-corrected chi connectivity index (χ0v) is 26.3. The van der Waals surface area contributed by atoms with Crippen LogP contribution in [0.1, 0.15) is 51.0 Å². The quantitative estimate of drug-likeness (QED) is 0.243. The lowest BCUT2D eigenvalue weighted by atomic mass is 9.80. The van der Waals surface area contributed by atoms with E-state index in [9.17, 15) is 9.18 Å². The Morgan fingerprint density at radius 3 is 2.85 bits per heavy atom. The fourth-order valence-corrected chi connectivity index (χ4v) is 8.77. The van der Waals surface area contributed by atoms with Crippen LogP contribution in [-0.4, -0.2) is 86.0 Å². The number of anilines is 1. The third-order valence-electron chi connectivity index (χ3n) is 10.9. The molecule has 4 saturated heterocycles. The topological polar surface area (TPSA) is 112 Å². The Labute approximate surface area is 269 Å². The smallest absolute Gasteiger partial charge is 0.319 e. The molecule has 0 radical (unpaired) electrons. The molecule has 1 amide bonds. The molecule has 3 aromatic heterocycles. The first-order valence-corrected chi connectivity index (χ1v) is 16.7. The lowest BCUT2D eigenvalue weighted by Crippen LogP contribution is -2.68. The highest BCUT2D eigenvalue weighted by Crippen LogP contribution is 2.43. The van der Waals surface area contributed by atoms with E-state index in [1.54, 1.807) is 12.4 Å². The number of hydrogen-bond donors (Lipinski definition) is 2. The number of carbonyl (C=O) groups excluding carboxylic acids is 1. The van der Waals surface area contributed by atoms with E-state index < -0.39 is 17.5 Å². The Kier molecular flexibility index (Phi) is 6.44. The van der Waals surface area contributed by atoms with Crippen LogP contribution in [0, 0.1) is 5.82 Å². The summed E-state index contributed by atoms with van der Waals surface area (Å²) in [5.74, 6) is 0.00117. The van der Waals surface area contributed by atoms with Gasteiger partial charge in [0.1, 0.15) is 29.8 Å². The van der Waals surface area contributed by atoms with Crippen molar-refractivity contribution in [1.29, 1.82) is 0 Å². The van der Waals surface area contributed by atoms with Gasteiger partial charge >= 0.3 is 6.01 Å². The lowest BCUT2D eigenvalue weighted by Gasteiger charge is -2.49. The molecule has 2 N–H and O–H groups in total. The molecule has 0 bridgehead atoms. The number of carbonyl (C=O) groups is 1. The second-order valence-electron chi connectivity index (χ2n) is 13.9. The van der Waals surface area contributed by atoms with Crippen LogP contribution in [0.15, 0.2) is 36.7 Å². The van der Waals surface area contributed by atoms with Crippen LogP contribution in [0.25, 0.3) is 43.8 Å². The number of fused-ring (bicyclic) bond motifs is 4. The minimum atomic E-state index is -0.895. The van der Waals surface area contributed by atoms with E-state index in [2.05, 4.69) is 38.3 Å². The predicted molar refractivity (Wildman–Crippen MR) is 175 cm³/mol. The number of nitrogens with one attached hydrogen (secondary N) is 2. The number of aromatic amines is 1. The van der Waals surface area contributed by atoms with Crippen molar-refractivity contribution in [2.24, 2.45) is 0 Å². The number of nitrogens with zero attached hydrogens (tertiary/aromatic N) is 6. The van der Waals surface area contributed by atoms with Gasteiger partial charge in [-0.25, -0.2) is 8.78 Å². The van der Waals surface area contributed by atoms with Crippen LogP contribution in [0.5, 0.6) is 6.01 Å². The first kappa shape index (κ1) is 28.7. The van der Waals surface area contributed by atoms with Gasteiger partial charge in [0.05, 0.1) is 34.6 Å². The van der Waals surface area contributed by atoms with E-state index in [1.807, 2.05) is 18.2 Å². The zero-order chi connectivity index (χ0) is 31.9. The number of benzene rings is 2. The standard InChI is InChI=1S/C35H36F2N8O2/c1-2-20-6-3-7-21-12-25-23(16-39-43-25)28(27(20)21)31-29(37)30-24(15-38-31)32(44-10-4-8-34(18-44)14-26(46)42-34)41-33(40-30)47-19-35-9-5-11-45(35)17-22(36)13-35/h3,6-7,12,15-16,22H,2,4-5,8-11,13-14,17-19H2,1H3,(H,39,43)(H,42,46)/t22-,34?,35+/m1/s1. The van der Waals surface area contributed by atoms with Gasteiger partial charge in [-0.15, -0.1) is 0 Å². The Hall–Kier alpha value is -4.45. The molecule has 4 aliphatic rings. The first-order chi connectivity index (χ1) is 22.9. The molecule has 0 aliphatic carbocycles. The number of aryl methyl sites for hydroxylation is 1. The Morgan fingerprint density at radius 1 is 1.13 bits per heavy atom. The second-order valence-corrected chi connectivity index (χ2v) is 13.9. The van der Waals surface area contributed by atoms with Crippen LogP contribution in [0.2, 0.25) is 0 Å². The minimum Gasteiger partial charge on any atom is -0.461 e. The number of amides is 1. The molecule has 1 spiro atoms. The fraction of sp³-hybridized carbons (Fsp3) is 0.457. The molecule has 4 fully saturated rings. The largest absolute Gasteiger partial charge is 0.461 e. The Bertz CT molecular complexity index is 2080. The summed E-state index contributed by atoms with van der Waals surface area (Å²) in [6.45, 7) is 4.80. The van der Waals surface area contributed by atoms with Crippen molar-refractivity contribution in [2.45, 2.75) is 69.1 Å². The number of halogens is 2. The third kappa shape index (κ3) is 4.47. The normalized spacial score (nSPS) is 26.0. The highest BCUT2D eigenvalue weighted by Gasteiger charge is 2.50. The van der Waals surface area contributed by atoms with E-state index in [-0.39, 0.29) is 35.3 Å². The summed E-state index contributed by atoms with van der Waals surface area (Å²) in [5.41, 5.74) is 2.11. The van der Waals surface area contributed by atoms with Crippen molar-refractivity contribution >= 4 is 44.3 Å². The van der Waals surface area contributed by atoms with E-state index in [1.165, 1.54) is 0 Å². The molecule has 2 aromatic carbocycles. The Balaban J connectivity index is 1.21. The molecule has 10 nitrogen and oxygen atoms in total. The summed E-state index contributed by atoms with van der Waals surface area (Å²) < 4.78 is 38.1. The summed E-state index contributed by atoms with van der Waals surface area (Å²) in [6.07, 6.45) is 7.66. The van der Waals surface area contributed by atoms with E-state index in [0.717, 1.165) is 65.9 Å². The molecular weight excluding hydrogens is 602 g/mol. The van der Waals surface area contributed by atoms with E-state index in [4.69, 9.17) is 19.7 Å². The second kappa shape index (κ2) is 10.5. The van der Waals surface area contributed by atoms with Crippen LogP contribution in [0.4, 0.5) is 14.6 Å². The average Bonchev–Trinajstić information content (AvgIpc) is 3.76. The summed E-state index contributed by atoms with van der Waals surface area (Å²) in [7, 11) is 0. The van der Waals surface area contributed by atoms with Gasteiger partial charge in [0.2, 0.25) is 5.91 Å². The number of H-pyrrole nitrogens is 1. The highest BCUT2D eigenvalue weighted by atomic mass is 19.1. The van der Waals surface area contributed by atoms with Crippen molar-refractivity contribution in [2.75, 3.05) is 37.7 Å². The lowest BCUT2D eigenvalue weighted by molar-refractivity contribution is -0.133. The maximum Gasteiger partial charge on any atom is 0.319 e. The van der Waals surface area contributed by atoms with Gasteiger partial charge < -0.3 is 15.0 Å². The number of aromatic nitrogens is 5. The number of alkyl halides is 1. The van der Waals surface area contributed by atoms with Crippen molar-refractivity contribution < 1.29 is 18.3 Å². The number of hydrogen-bond acceptors (Lipinski definition) is 8. The van der Waals surface area contributed by atoms with Gasteiger partial charge in [-0.05, 0) is 61.1 Å². The van der Waals surface area contributed by atoms with Crippen molar-refractivity contribution in [3.05, 3.63) is 48.0 Å². The monoisotopic (exact) mass is 638 g/mol. The first-order valence-electron chi connectivity index (χ1n) is 16.7.